The molecule has 0 aliphatic carbocycles. The van der Waals surface area contributed by atoms with Crippen LogP contribution in [0.2, 0.25) is 0 Å². The van der Waals surface area contributed by atoms with Crippen molar-refractivity contribution in [3.8, 4) is 11.3 Å². The number of aromatic amines is 1. The Bertz CT molecular complexity index is 1060. The summed E-state index contributed by atoms with van der Waals surface area (Å²) >= 11 is 0. The highest BCUT2D eigenvalue weighted by Crippen LogP contribution is 2.21. The van der Waals surface area contributed by atoms with Gasteiger partial charge in [-0.1, -0.05) is 42.5 Å². The van der Waals surface area contributed by atoms with Crippen LogP contribution in [-0.2, 0) is 11.2 Å². The van der Waals surface area contributed by atoms with Crippen molar-refractivity contribution in [3.63, 3.8) is 0 Å². The van der Waals surface area contributed by atoms with E-state index >= 15 is 0 Å². The van der Waals surface area contributed by atoms with Crippen LogP contribution >= 0.6 is 0 Å². The molecule has 0 saturated carbocycles. The Morgan fingerprint density at radius 2 is 1.68 bits per heavy atom. The molecule has 138 valence electrons. The van der Waals surface area contributed by atoms with Gasteiger partial charge < -0.3 is 15.4 Å². The van der Waals surface area contributed by atoms with Crippen molar-refractivity contribution in [2.75, 3.05) is 10.6 Å². The molecule has 3 N–H and O–H groups in total. The highest BCUT2D eigenvalue weighted by Gasteiger charge is 2.06. The van der Waals surface area contributed by atoms with Crippen molar-refractivity contribution < 1.29 is 4.79 Å². The standard InChI is InChI=1S/C20H17N7O/c28-11-10-14-6-8-16(9-7-14)23-19-21-13-22-20(25-19)24-18-12-17(26-27-18)15-4-2-1-3-5-15/h1-9,11-13H,10H2,(H3,21,22,23,24,25,26,27). The maximum atomic E-state index is 10.6. The van der Waals surface area contributed by atoms with Crippen LogP contribution in [0.3, 0.4) is 0 Å². The number of carbonyl (C=O) groups excluding carboxylic acids is 1. The normalized spacial score (nSPS) is 10.4. The number of aldehydes is 1. The van der Waals surface area contributed by atoms with E-state index in [-0.39, 0.29) is 0 Å². The Kier molecular flexibility index (Phi) is 5.01. The summed E-state index contributed by atoms with van der Waals surface area (Å²) in [4.78, 5) is 23.2. The lowest BCUT2D eigenvalue weighted by atomic mass is 10.1. The van der Waals surface area contributed by atoms with Gasteiger partial charge in [-0.25, -0.2) is 9.97 Å². The molecule has 8 heteroatoms. The van der Waals surface area contributed by atoms with Gasteiger partial charge >= 0.3 is 0 Å². The van der Waals surface area contributed by atoms with Gasteiger partial charge in [0.1, 0.15) is 12.6 Å². The van der Waals surface area contributed by atoms with Gasteiger partial charge in [-0.3, -0.25) is 5.10 Å². The van der Waals surface area contributed by atoms with E-state index < -0.39 is 0 Å². The first-order valence-corrected chi connectivity index (χ1v) is 8.66. The second kappa shape index (κ2) is 8.09. The van der Waals surface area contributed by atoms with E-state index in [4.69, 9.17) is 0 Å². The molecule has 0 amide bonds. The summed E-state index contributed by atoms with van der Waals surface area (Å²) < 4.78 is 0. The Balaban J connectivity index is 1.45. The number of rotatable bonds is 7. The van der Waals surface area contributed by atoms with Crippen molar-refractivity contribution in [2.24, 2.45) is 0 Å². The van der Waals surface area contributed by atoms with E-state index in [9.17, 15) is 4.79 Å². The topological polar surface area (TPSA) is 108 Å². The molecule has 0 unspecified atom stereocenters. The van der Waals surface area contributed by atoms with Crippen LogP contribution in [0.5, 0.6) is 0 Å². The second-order valence-electron chi connectivity index (χ2n) is 5.98. The van der Waals surface area contributed by atoms with E-state index in [1.165, 1.54) is 6.33 Å². The van der Waals surface area contributed by atoms with Crippen LogP contribution in [0.25, 0.3) is 11.3 Å². The summed E-state index contributed by atoms with van der Waals surface area (Å²) in [6, 6.07) is 19.3. The molecule has 28 heavy (non-hydrogen) atoms. The lowest BCUT2D eigenvalue weighted by Gasteiger charge is -2.06. The molecule has 8 nitrogen and oxygen atoms in total. The molecule has 2 aromatic heterocycles. The van der Waals surface area contributed by atoms with Gasteiger partial charge in [-0.05, 0) is 23.3 Å². The van der Waals surface area contributed by atoms with Crippen molar-refractivity contribution in [1.82, 2.24) is 25.1 Å². The second-order valence-corrected chi connectivity index (χ2v) is 5.98. The molecule has 0 fully saturated rings. The fourth-order valence-electron chi connectivity index (χ4n) is 2.63. The fraction of sp³-hybridized carbons (Fsp3) is 0.0500. The van der Waals surface area contributed by atoms with Gasteiger partial charge in [-0.15, -0.1) is 0 Å². The Morgan fingerprint density at radius 3 is 2.43 bits per heavy atom. The van der Waals surface area contributed by atoms with Crippen molar-refractivity contribution in [3.05, 3.63) is 72.6 Å². The van der Waals surface area contributed by atoms with E-state index in [1.807, 2.05) is 60.7 Å². The number of nitrogens with zero attached hydrogens (tertiary/aromatic N) is 4. The lowest BCUT2D eigenvalue weighted by molar-refractivity contribution is -0.107. The van der Waals surface area contributed by atoms with Crippen LogP contribution in [-0.4, -0.2) is 31.4 Å². The zero-order valence-electron chi connectivity index (χ0n) is 14.8. The summed E-state index contributed by atoms with van der Waals surface area (Å²) in [5.41, 5.74) is 3.70. The average Bonchev–Trinajstić information content (AvgIpc) is 3.19. The molecule has 4 aromatic rings. The average molecular weight is 371 g/mol. The summed E-state index contributed by atoms with van der Waals surface area (Å²) in [5.74, 6) is 1.38. The number of nitrogens with one attached hydrogen (secondary N) is 3. The molecule has 0 aliphatic rings. The third-order valence-electron chi connectivity index (χ3n) is 4.00. The van der Waals surface area contributed by atoms with E-state index in [2.05, 4.69) is 35.8 Å². The molecule has 2 heterocycles. The first-order chi connectivity index (χ1) is 13.8. The van der Waals surface area contributed by atoms with Gasteiger partial charge in [0.25, 0.3) is 0 Å². The minimum Gasteiger partial charge on any atom is -0.324 e. The number of carbonyl (C=O) groups is 1. The maximum Gasteiger partial charge on any atom is 0.233 e. The summed E-state index contributed by atoms with van der Waals surface area (Å²) in [6.07, 6.45) is 2.70. The van der Waals surface area contributed by atoms with Crippen LogP contribution in [0, 0.1) is 0 Å². The SMILES string of the molecule is O=CCc1ccc(Nc2ncnc(Nc3cc(-c4ccccc4)[nH]n3)n2)cc1. The predicted molar refractivity (Wildman–Crippen MR) is 107 cm³/mol. The third kappa shape index (κ3) is 4.18. The molecule has 0 spiro atoms. The van der Waals surface area contributed by atoms with Gasteiger partial charge in [-0.2, -0.15) is 10.1 Å². The molecule has 0 radical (unpaired) electrons. The highest BCUT2D eigenvalue weighted by atomic mass is 16.1. The number of H-pyrrole nitrogens is 1. The first kappa shape index (κ1) is 17.3. The number of hydrogen-bond acceptors (Lipinski definition) is 7. The van der Waals surface area contributed by atoms with E-state index in [0.717, 1.165) is 28.8 Å². The molecule has 0 atom stereocenters. The monoisotopic (exact) mass is 371 g/mol. The molecule has 0 saturated heterocycles. The largest absolute Gasteiger partial charge is 0.324 e. The zero-order valence-corrected chi connectivity index (χ0v) is 14.8. The van der Waals surface area contributed by atoms with E-state index in [1.54, 1.807) is 0 Å². The quantitative estimate of drug-likeness (QED) is 0.427. The van der Waals surface area contributed by atoms with Crippen LogP contribution in [0.15, 0.2) is 67.0 Å². The number of hydrogen-bond donors (Lipinski definition) is 3. The molecule has 0 aliphatic heterocycles. The van der Waals surface area contributed by atoms with Gasteiger partial charge in [0.05, 0.1) is 5.69 Å². The minimum absolute atomic E-state index is 0.376. The molecule has 2 aromatic carbocycles. The summed E-state index contributed by atoms with van der Waals surface area (Å²) in [6.45, 7) is 0. The van der Waals surface area contributed by atoms with Gasteiger partial charge in [0.2, 0.25) is 11.9 Å². The number of benzene rings is 2. The minimum atomic E-state index is 0.376. The summed E-state index contributed by atoms with van der Waals surface area (Å²) in [5, 5.41) is 13.4. The van der Waals surface area contributed by atoms with Gasteiger partial charge in [0.15, 0.2) is 5.82 Å². The predicted octanol–water partition coefficient (Wildman–Crippen LogP) is 3.49. The van der Waals surface area contributed by atoms with E-state index in [0.29, 0.717) is 24.1 Å². The Morgan fingerprint density at radius 1 is 0.929 bits per heavy atom. The molecule has 0 bridgehead atoms. The Hall–Kier alpha value is -4.07. The summed E-state index contributed by atoms with van der Waals surface area (Å²) in [7, 11) is 0. The zero-order chi connectivity index (χ0) is 19.2. The lowest BCUT2D eigenvalue weighted by Crippen LogP contribution is -2.03. The van der Waals surface area contributed by atoms with Crippen molar-refractivity contribution >= 4 is 29.7 Å². The van der Waals surface area contributed by atoms with Crippen molar-refractivity contribution in [1.29, 1.82) is 0 Å². The highest BCUT2D eigenvalue weighted by molar-refractivity contribution is 5.64. The molecular formula is C20H17N7O. The first-order valence-electron chi connectivity index (χ1n) is 8.66. The molecular weight excluding hydrogens is 354 g/mol. The third-order valence-corrected chi connectivity index (χ3v) is 4.00. The van der Waals surface area contributed by atoms with Gasteiger partial charge in [0, 0.05) is 18.2 Å². The van der Waals surface area contributed by atoms with Crippen LogP contribution < -0.4 is 10.6 Å². The van der Waals surface area contributed by atoms with Crippen molar-refractivity contribution in [2.45, 2.75) is 6.42 Å². The maximum absolute atomic E-state index is 10.6. The van der Waals surface area contributed by atoms with Crippen LogP contribution in [0.1, 0.15) is 5.56 Å². The van der Waals surface area contributed by atoms with Crippen LogP contribution in [0.4, 0.5) is 23.4 Å². The Labute approximate surface area is 161 Å². The fourth-order valence-corrected chi connectivity index (χ4v) is 2.63. The smallest absolute Gasteiger partial charge is 0.233 e. The number of anilines is 4. The molecule has 4 rings (SSSR count). The number of aromatic nitrogens is 5.